The molecule has 0 aromatic heterocycles. The molecule has 120 valence electrons. The van der Waals surface area contributed by atoms with Crippen LogP contribution >= 0.6 is 0 Å². The summed E-state index contributed by atoms with van der Waals surface area (Å²) in [7, 11) is 0. The second-order valence-corrected chi connectivity index (χ2v) is 6.02. The van der Waals surface area contributed by atoms with E-state index in [0.29, 0.717) is 5.56 Å². The average Bonchev–Trinajstić information content (AvgIpc) is 2.71. The number of carbonyl (C=O) groups excluding carboxylic acids is 4. The van der Waals surface area contributed by atoms with Crippen molar-refractivity contribution >= 4 is 23.5 Å². The van der Waals surface area contributed by atoms with Crippen LogP contribution in [0.3, 0.4) is 0 Å². The highest BCUT2D eigenvalue weighted by atomic mass is 19.1. The number of Topliss-reactive ketones (excluding diaryl/α,β-unsaturated/α-hetero) is 1. The molecule has 7 heteroatoms. The molecule has 1 fully saturated rings. The number of ketones is 1. The molecule has 1 aromatic carbocycles. The summed E-state index contributed by atoms with van der Waals surface area (Å²) in [6.07, 6.45) is -0.372. The van der Waals surface area contributed by atoms with Crippen molar-refractivity contribution in [2.24, 2.45) is 0 Å². The number of imide groups is 1. The molecule has 2 aliphatic rings. The molecular weight excluding hydrogens is 303 g/mol. The minimum absolute atomic E-state index is 0.0246. The lowest BCUT2D eigenvalue weighted by molar-refractivity contribution is -0.133. The molecule has 2 aliphatic heterocycles. The highest BCUT2D eigenvalue weighted by Gasteiger charge is 2.45. The molecule has 1 unspecified atom stereocenters. The molecule has 1 saturated heterocycles. The number of piperidine rings is 1. The molecule has 23 heavy (non-hydrogen) atoms. The van der Waals surface area contributed by atoms with Gasteiger partial charge in [0.25, 0.3) is 11.8 Å². The molecule has 1 aromatic rings. The first-order valence-corrected chi connectivity index (χ1v) is 7.32. The van der Waals surface area contributed by atoms with E-state index in [0.717, 1.165) is 11.0 Å². The predicted octanol–water partition coefficient (Wildman–Crippen LogP) is 1.00. The minimum Gasteiger partial charge on any atom is -0.353 e. The Morgan fingerprint density at radius 3 is 2.48 bits per heavy atom. The third-order valence-corrected chi connectivity index (χ3v) is 4.15. The third-order valence-electron chi connectivity index (χ3n) is 4.15. The summed E-state index contributed by atoms with van der Waals surface area (Å²) in [5, 5.41) is 2.48. The van der Waals surface area contributed by atoms with Crippen molar-refractivity contribution < 1.29 is 23.6 Å². The Balaban J connectivity index is 2.06. The van der Waals surface area contributed by atoms with E-state index in [1.165, 1.54) is 6.07 Å². The van der Waals surface area contributed by atoms with Crippen molar-refractivity contribution in [3.63, 3.8) is 0 Å². The Morgan fingerprint density at radius 2 is 1.87 bits per heavy atom. The van der Waals surface area contributed by atoms with Crippen LogP contribution in [0.1, 0.15) is 52.5 Å². The van der Waals surface area contributed by atoms with Crippen LogP contribution in [0.15, 0.2) is 12.1 Å². The van der Waals surface area contributed by atoms with Crippen LogP contribution in [-0.4, -0.2) is 41.0 Å². The van der Waals surface area contributed by atoms with Gasteiger partial charge >= 0.3 is 0 Å². The van der Waals surface area contributed by atoms with Gasteiger partial charge in [0.05, 0.1) is 17.5 Å². The summed E-state index contributed by atoms with van der Waals surface area (Å²) in [6.45, 7) is 3.48. The quantitative estimate of drug-likeness (QED) is 0.651. The molecule has 3 amide bonds. The van der Waals surface area contributed by atoms with E-state index in [1.807, 2.05) is 0 Å². The van der Waals surface area contributed by atoms with Crippen LogP contribution in [-0.2, 0) is 9.59 Å². The van der Waals surface area contributed by atoms with Crippen LogP contribution in [0.5, 0.6) is 0 Å². The SMILES string of the molecule is CC(C)c1cc(F)cc2c1C(=O)N(C1CNC(=O)CC1=O)C2=O. The molecule has 0 spiro atoms. The number of carbonyl (C=O) groups is 4. The van der Waals surface area contributed by atoms with E-state index in [-0.39, 0.29) is 30.0 Å². The van der Waals surface area contributed by atoms with Crippen LogP contribution in [0.25, 0.3) is 0 Å². The number of hydrogen-bond acceptors (Lipinski definition) is 4. The van der Waals surface area contributed by atoms with E-state index in [2.05, 4.69) is 5.32 Å². The summed E-state index contributed by atoms with van der Waals surface area (Å²) in [6, 6.07) is 1.22. The Hall–Kier alpha value is -2.57. The number of nitrogens with one attached hydrogen (secondary N) is 1. The van der Waals surface area contributed by atoms with Crippen LogP contribution in [0.2, 0.25) is 0 Å². The zero-order valence-corrected chi connectivity index (χ0v) is 12.7. The van der Waals surface area contributed by atoms with Crippen molar-refractivity contribution in [1.29, 1.82) is 0 Å². The molecule has 0 saturated carbocycles. The lowest BCUT2D eigenvalue weighted by Crippen LogP contribution is -2.55. The molecular formula is C16H15FN2O4. The van der Waals surface area contributed by atoms with E-state index in [9.17, 15) is 23.6 Å². The molecule has 6 nitrogen and oxygen atoms in total. The third kappa shape index (κ3) is 2.32. The van der Waals surface area contributed by atoms with Crippen molar-refractivity contribution in [2.45, 2.75) is 32.2 Å². The Labute approximate surface area is 131 Å². The fourth-order valence-corrected chi connectivity index (χ4v) is 3.01. The monoisotopic (exact) mass is 318 g/mol. The maximum absolute atomic E-state index is 13.8. The number of benzene rings is 1. The first kappa shape index (κ1) is 15.3. The molecule has 1 atom stereocenters. The number of amides is 3. The van der Waals surface area contributed by atoms with E-state index >= 15 is 0 Å². The van der Waals surface area contributed by atoms with Gasteiger partial charge in [-0.3, -0.25) is 24.1 Å². The summed E-state index contributed by atoms with van der Waals surface area (Å²) in [5.41, 5.74) is 0.563. The topological polar surface area (TPSA) is 83.6 Å². The van der Waals surface area contributed by atoms with Gasteiger partial charge in [0.15, 0.2) is 5.78 Å². The lowest BCUT2D eigenvalue weighted by Gasteiger charge is -2.28. The normalized spacial score (nSPS) is 21.0. The largest absolute Gasteiger partial charge is 0.353 e. The first-order valence-electron chi connectivity index (χ1n) is 7.32. The number of hydrogen-bond donors (Lipinski definition) is 1. The molecule has 0 aliphatic carbocycles. The highest BCUT2D eigenvalue weighted by Crippen LogP contribution is 2.33. The van der Waals surface area contributed by atoms with Crippen LogP contribution < -0.4 is 5.32 Å². The zero-order chi connectivity index (χ0) is 16.9. The Kier molecular flexibility index (Phi) is 3.50. The Bertz CT molecular complexity index is 757. The van der Waals surface area contributed by atoms with Gasteiger partial charge in [0.1, 0.15) is 11.9 Å². The summed E-state index contributed by atoms with van der Waals surface area (Å²) < 4.78 is 13.8. The van der Waals surface area contributed by atoms with Crippen molar-refractivity contribution in [3.8, 4) is 0 Å². The van der Waals surface area contributed by atoms with Gasteiger partial charge in [-0.1, -0.05) is 13.8 Å². The predicted molar refractivity (Wildman–Crippen MR) is 77.4 cm³/mol. The molecule has 0 bridgehead atoms. The van der Waals surface area contributed by atoms with Crippen molar-refractivity contribution in [1.82, 2.24) is 10.2 Å². The maximum atomic E-state index is 13.8. The van der Waals surface area contributed by atoms with Gasteiger partial charge < -0.3 is 5.32 Å². The maximum Gasteiger partial charge on any atom is 0.262 e. The average molecular weight is 318 g/mol. The summed E-state index contributed by atoms with van der Waals surface area (Å²) in [4.78, 5) is 49.3. The number of halogens is 1. The van der Waals surface area contributed by atoms with Crippen LogP contribution in [0, 0.1) is 5.82 Å². The summed E-state index contributed by atoms with van der Waals surface area (Å²) in [5.74, 6) is -2.98. The highest BCUT2D eigenvalue weighted by molar-refractivity contribution is 6.24. The summed E-state index contributed by atoms with van der Waals surface area (Å²) >= 11 is 0. The van der Waals surface area contributed by atoms with Crippen molar-refractivity contribution in [3.05, 3.63) is 34.6 Å². The van der Waals surface area contributed by atoms with E-state index in [4.69, 9.17) is 0 Å². The minimum atomic E-state index is -1.04. The fourth-order valence-electron chi connectivity index (χ4n) is 3.01. The van der Waals surface area contributed by atoms with E-state index < -0.39 is 35.4 Å². The molecule has 2 heterocycles. The fraction of sp³-hybridized carbons (Fsp3) is 0.375. The van der Waals surface area contributed by atoms with Gasteiger partial charge in [0.2, 0.25) is 5.91 Å². The van der Waals surface area contributed by atoms with Gasteiger partial charge in [-0.2, -0.15) is 0 Å². The number of rotatable bonds is 2. The Morgan fingerprint density at radius 1 is 1.17 bits per heavy atom. The second kappa shape index (κ2) is 5.26. The lowest BCUT2D eigenvalue weighted by atomic mass is 9.94. The van der Waals surface area contributed by atoms with Gasteiger partial charge in [-0.25, -0.2) is 4.39 Å². The molecule has 1 N–H and O–H groups in total. The van der Waals surface area contributed by atoms with Gasteiger partial charge in [-0.05, 0) is 23.6 Å². The molecule has 0 radical (unpaired) electrons. The van der Waals surface area contributed by atoms with Gasteiger partial charge in [0, 0.05) is 6.54 Å². The second-order valence-electron chi connectivity index (χ2n) is 6.02. The van der Waals surface area contributed by atoms with E-state index in [1.54, 1.807) is 13.8 Å². The first-order chi connectivity index (χ1) is 10.8. The standard InChI is InChI=1S/C16H15FN2O4/c1-7(2)9-3-8(17)4-10-14(9)16(23)19(15(10)22)11-6-18-13(21)5-12(11)20/h3-4,7,11H,5-6H2,1-2H3,(H,18,21). The number of nitrogens with zero attached hydrogens (tertiary/aromatic N) is 1. The van der Waals surface area contributed by atoms with Gasteiger partial charge in [-0.15, -0.1) is 0 Å². The van der Waals surface area contributed by atoms with Crippen molar-refractivity contribution in [2.75, 3.05) is 6.54 Å². The smallest absolute Gasteiger partial charge is 0.262 e. The molecule has 3 rings (SSSR count). The van der Waals surface area contributed by atoms with Crippen LogP contribution in [0.4, 0.5) is 4.39 Å². The number of fused-ring (bicyclic) bond motifs is 1. The zero-order valence-electron chi connectivity index (χ0n) is 12.7.